The lowest BCUT2D eigenvalue weighted by Crippen LogP contribution is -2.23. The van der Waals surface area contributed by atoms with Crippen LogP contribution in [0.2, 0.25) is 0 Å². The van der Waals surface area contributed by atoms with Crippen LogP contribution in [0.3, 0.4) is 0 Å². The number of amides is 1. The Labute approximate surface area is 170 Å². The summed E-state index contributed by atoms with van der Waals surface area (Å²) in [5.41, 5.74) is 5.60. The Hall–Kier alpha value is -3.66. The average molecular weight is 381 g/mol. The van der Waals surface area contributed by atoms with Crippen LogP contribution in [0.5, 0.6) is 0 Å². The normalized spacial score (nSPS) is 10.7. The highest BCUT2D eigenvalue weighted by molar-refractivity contribution is 5.99. The third-order valence-corrected chi connectivity index (χ3v) is 4.81. The van der Waals surface area contributed by atoms with Crippen LogP contribution in [0.15, 0.2) is 91.1 Å². The molecule has 29 heavy (non-hydrogen) atoms. The summed E-state index contributed by atoms with van der Waals surface area (Å²) in [6.07, 6.45) is 1.84. The van der Waals surface area contributed by atoms with Gasteiger partial charge in [-0.05, 0) is 18.1 Å². The van der Waals surface area contributed by atoms with Gasteiger partial charge in [0.25, 0.3) is 5.91 Å². The van der Waals surface area contributed by atoms with Gasteiger partial charge >= 0.3 is 0 Å². The first-order valence-electron chi connectivity index (χ1n) is 9.69. The van der Waals surface area contributed by atoms with Crippen LogP contribution in [-0.2, 0) is 13.1 Å². The van der Waals surface area contributed by atoms with Crippen LogP contribution < -0.4 is 5.32 Å². The molecule has 0 aliphatic heterocycles. The fourth-order valence-electron chi connectivity index (χ4n) is 3.24. The number of benzene rings is 3. The minimum absolute atomic E-state index is 0.122. The van der Waals surface area contributed by atoms with Crippen molar-refractivity contribution >= 4 is 5.91 Å². The van der Waals surface area contributed by atoms with Crippen LogP contribution in [0.1, 0.15) is 27.0 Å². The van der Waals surface area contributed by atoms with Gasteiger partial charge in [-0.2, -0.15) is 5.10 Å². The largest absolute Gasteiger partial charge is 0.348 e. The van der Waals surface area contributed by atoms with Crippen molar-refractivity contribution < 1.29 is 4.79 Å². The molecule has 0 radical (unpaired) electrons. The Morgan fingerprint density at radius 3 is 2.14 bits per heavy atom. The predicted molar refractivity (Wildman–Crippen MR) is 116 cm³/mol. The second kappa shape index (κ2) is 8.57. The summed E-state index contributed by atoms with van der Waals surface area (Å²) < 4.78 is 1.84. The monoisotopic (exact) mass is 381 g/mol. The molecule has 0 atom stereocenters. The summed E-state index contributed by atoms with van der Waals surface area (Å²) in [4.78, 5) is 13.0. The fourth-order valence-corrected chi connectivity index (χ4v) is 3.24. The highest BCUT2D eigenvalue weighted by Gasteiger charge is 2.18. The highest BCUT2D eigenvalue weighted by Crippen LogP contribution is 2.23. The summed E-state index contributed by atoms with van der Waals surface area (Å²) in [5.74, 6) is -0.122. The Morgan fingerprint density at radius 1 is 0.862 bits per heavy atom. The lowest BCUT2D eigenvalue weighted by Gasteiger charge is -2.06. The third-order valence-electron chi connectivity index (χ3n) is 4.81. The molecule has 0 bridgehead atoms. The maximum Gasteiger partial charge on any atom is 0.255 e. The molecule has 4 rings (SSSR count). The van der Waals surface area contributed by atoms with Crippen molar-refractivity contribution in [2.45, 2.75) is 20.0 Å². The number of hydrogen-bond donors (Lipinski definition) is 1. The van der Waals surface area contributed by atoms with E-state index in [4.69, 9.17) is 5.10 Å². The van der Waals surface area contributed by atoms with Gasteiger partial charge in [0.15, 0.2) is 0 Å². The van der Waals surface area contributed by atoms with Gasteiger partial charge in [0.2, 0.25) is 0 Å². The van der Waals surface area contributed by atoms with E-state index in [1.54, 1.807) is 0 Å². The number of nitrogens with one attached hydrogen (secondary N) is 1. The van der Waals surface area contributed by atoms with E-state index >= 15 is 0 Å². The molecule has 1 amide bonds. The van der Waals surface area contributed by atoms with E-state index in [2.05, 4.69) is 17.4 Å². The molecule has 1 N–H and O–H groups in total. The number of carbonyl (C=O) groups excluding carboxylic acids is 1. The summed E-state index contributed by atoms with van der Waals surface area (Å²) in [5, 5.41) is 7.76. The highest BCUT2D eigenvalue weighted by atomic mass is 16.1. The van der Waals surface area contributed by atoms with E-state index in [0.29, 0.717) is 24.3 Å². The average Bonchev–Trinajstić information content (AvgIpc) is 3.18. The number of hydrogen-bond acceptors (Lipinski definition) is 2. The molecular weight excluding hydrogens is 358 g/mol. The molecular formula is C25H23N3O. The van der Waals surface area contributed by atoms with Crippen LogP contribution in [0, 0.1) is 6.92 Å². The lowest BCUT2D eigenvalue weighted by atomic mass is 10.1. The van der Waals surface area contributed by atoms with Gasteiger partial charge in [-0.3, -0.25) is 9.48 Å². The smallest absolute Gasteiger partial charge is 0.255 e. The van der Waals surface area contributed by atoms with Crippen LogP contribution in [0.25, 0.3) is 11.3 Å². The Morgan fingerprint density at radius 2 is 1.48 bits per heavy atom. The van der Waals surface area contributed by atoms with E-state index in [1.807, 2.05) is 90.6 Å². The minimum Gasteiger partial charge on any atom is -0.348 e. The fraction of sp³-hybridized carbons (Fsp3) is 0.120. The van der Waals surface area contributed by atoms with Gasteiger partial charge in [0, 0.05) is 18.3 Å². The standard InChI is InChI=1S/C25H23N3O/c1-19-12-14-22(15-13-19)24-23(25(29)26-16-20-8-4-2-5-9-20)18-28(27-24)17-21-10-6-3-7-11-21/h2-15,18H,16-17H2,1H3,(H,26,29). The zero-order valence-electron chi connectivity index (χ0n) is 16.4. The molecule has 3 aromatic carbocycles. The van der Waals surface area contributed by atoms with Crippen LogP contribution in [0.4, 0.5) is 0 Å². The third kappa shape index (κ3) is 4.61. The van der Waals surface area contributed by atoms with Crippen molar-refractivity contribution in [1.29, 1.82) is 0 Å². The molecule has 4 aromatic rings. The van der Waals surface area contributed by atoms with Crippen LogP contribution >= 0.6 is 0 Å². The molecule has 0 aliphatic rings. The van der Waals surface area contributed by atoms with Gasteiger partial charge < -0.3 is 5.32 Å². The van der Waals surface area contributed by atoms with E-state index in [-0.39, 0.29) is 5.91 Å². The number of rotatable bonds is 6. The summed E-state index contributed by atoms with van der Waals surface area (Å²) in [7, 11) is 0. The van der Waals surface area contributed by atoms with Gasteiger partial charge in [-0.1, -0.05) is 90.5 Å². The van der Waals surface area contributed by atoms with Gasteiger partial charge in [0.1, 0.15) is 5.69 Å². The van der Waals surface area contributed by atoms with Crippen molar-refractivity contribution in [3.63, 3.8) is 0 Å². The molecule has 0 unspecified atom stereocenters. The van der Waals surface area contributed by atoms with Gasteiger partial charge in [-0.15, -0.1) is 0 Å². The number of aryl methyl sites for hydroxylation is 1. The Balaban J connectivity index is 1.62. The molecule has 0 saturated carbocycles. The first kappa shape index (κ1) is 18.7. The summed E-state index contributed by atoms with van der Waals surface area (Å²) in [6.45, 7) is 3.15. The molecule has 0 saturated heterocycles. The lowest BCUT2D eigenvalue weighted by molar-refractivity contribution is 0.0951. The quantitative estimate of drug-likeness (QED) is 0.520. The van der Waals surface area contributed by atoms with Crippen molar-refractivity contribution in [3.05, 3.63) is 113 Å². The first-order valence-corrected chi connectivity index (χ1v) is 9.69. The van der Waals surface area contributed by atoms with Crippen molar-refractivity contribution in [2.24, 2.45) is 0 Å². The van der Waals surface area contributed by atoms with E-state index in [9.17, 15) is 4.79 Å². The summed E-state index contributed by atoms with van der Waals surface area (Å²) in [6, 6.07) is 28.1. The van der Waals surface area contributed by atoms with Crippen molar-refractivity contribution in [1.82, 2.24) is 15.1 Å². The van der Waals surface area contributed by atoms with E-state index in [1.165, 1.54) is 5.56 Å². The van der Waals surface area contributed by atoms with Gasteiger partial charge in [0.05, 0.1) is 12.1 Å². The second-order valence-electron chi connectivity index (χ2n) is 7.11. The molecule has 4 heteroatoms. The molecule has 0 spiro atoms. The Kier molecular flexibility index (Phi) is 5.52. The topological polar surface area (TPSA) is 46.9 Å². The molecule has 1 heterocycles. The van der Waals surface area contributed by atoms with Crippen LogP contribution in [-0.4, -0.2) is 15.7 Å². The SMILES string of the molecule is Cc1ccc(-c2nn(Cc3ccccc3)cc2C(=O)NCc2ccccc2)cc1. The molecule has 0 aliphatic carbocycles. The zero-order chi connectivity index (χ0) is 20.1. The predicted octanol–water partition coefficient (Wildman–Crippen LogP) is 4.84. The van der Waals surface area contributed by atoms with Crippen molar-refractivity contribution in [3.8, 4) is 11.3 Å². The van der Waals surface area contributed by atoms with E-state index in [0.717, 1.165) is 16.7 Å². The Bertz CT molecular complexity index is 1080. The number of carbonyl (C=O) groups is 1. The number of aromatic nitrogens is 2. The maximum atomic E-state index is 13.0. The molecule has 0 fully saturated rings. The molecule has 4 nitrogen and oxygen atoms in total. The first-order chi connectivity index (χ1) is 14.2. The summed E-state index contributed by atoms with van der Waals surface area (Å²) >= 11 is 0. The maximum absolute atomic E-state index is 13.0. The molecule has 144 valence electrons. The zero-order valence-corrected chi connectivity index (χ0v) is 16.4. The van der Waals surface area contributed by atoms with E-state index < -0.39 is 0 Å². The minimum atomic E-state index is -0.122. The van der Waals surface area contributed by atoms with Gasteiger partial charge in [-0.25, -0.2) is 0 Å². The van der Waals surface area contributed by atoms with Crippen molar-refractivity contribution in [2.75, 3.05) is 0 Å². The number of nitrogens with zero attached hydrogens (tertiary/aromatic N) is 2. The molecule has 1 aromatic heterocycles. The second-order valence-corrected chi connectivity index (χ2v) is 7.11.